The van der Waals surface area contributed by atoms with E-state index in [0.717, 1.165) is 5.56 Å². The minimum atomic E-state index is -1.03. The molecule has 22 heavy (non-hydrogen) atoms. The Morgan fingerprint density at radius 1 is 1.23 bits per heavy atom. The lowest BCUT2D eigenvalue weighted by Gasteiger charge is -1.98. The van der Waals surface area contributed by atoms with Gasteiger partial charge < -0.3 is 10.4 Å². The molecule has 1 heterocycles. The molecule has 0 atom stereocenters. The topological polar surface area (TPSA) is 92.2 Å². The van der Waals surface area contributed by atoms with E-state index in [1.807, 2.05) is 0 Å². The number of nitrogens with zero attached hydrogens (tertiary/aromatic N) is 2. The Labute approximate surface area is 133 Å². The summed E-state index contributed by atoms with van der Waals surface area (Å²) in [6, 6.07) is 6.17. The molecular weight excluding hydrogens is 329 g/mol. The van der Waals surface area contributed by atoms with E-state index in [1.165, 1.54) is 35.2 Å². The van der Waals surface area contributed by atoms with Gasteiger partial charge >= 0.3 is 5.97 Å². The van der Waals surface area contributed by atoms with Crippen molar-refractivity contribution in [3.63, 3.8) is 0 Å². The summed E-state index contributed by atoms with van der Waals surface area (Å²) in [5, 5.41) is 19.1. The Balaban J connectivity index is 1.82. The van der Waals surface area contributed by atoms with Crippen molar-refractivity contribution >= 4 is 40.1 Å². The zero-order chi connectivity index (χ0) is 15.9. The van der Waals surface area contributed by atoms with Crippen molar-refractivity contribution in [1.82, 2.24) is 10.2 Å². The number of carboxylic acid groups (broad SMARTS) is 1. The first-order chi connectivity index (χ1) is 10.5. The number of carboxylic acids is 1. The van der Waals surface area contributed by atoms with Crippen LogP contribution in [-0.2, 0) is 15.3 Å². The molecule has 0 spiro atoms. The van der Waals surface area contributed by atoms with Gasteiger partial charge in [-0.05, 0) is 17.7 Å². The van der Waals surface area contributed by atoms with E-state index < -0.39 is 11.9 Å². The fraction of sp³-hybridized carbons (Fsp3) is 0.231. The van der Waals surface area contributed by atoms with E-state index >= 15 is 0 Å². The Morgan fingerprint density at radius 2 is 1.95 bits per heavy atom. The van der Waals surface area contributed by atoms with Crippen LogP contribution < -0.4 is 5.32 Å². The van der Waals surface area contributed by atoms with Crippen LogP contribution in [0.3, 0.4) is 0 Å². The maximum absolute atomic E-state index is 12.8. The largest absolute Gasteiger partial charge is 0.481 e. The summed E-state index contributed by atoms with van der Waals surface area (Å²) in [6.45, 7) is 0. The van der Waals surface area contributed by atoms with Gasteiger partial charge in [-0.25, -0.2) is 4.39 Å². The van der Waals surface area contributed by atoms with Crippen LogP contribution >= 0.6 is 23.1 Å². The first-order valence-corrected chi connectivity index (χ1v) is 8.05. The number of nitrogens with one attached hydrogen (secondary N) is 1. The van der Waals surface area contributed by atoms with Gasteiger partial charge in [0.05, 0.1) is 6.42 Å². The summed E-state index contributed by atoms with van der Waals surface area (Å²) < 4.78 is 13.4. The zero-order valence-corrected chi connectivity index (χ0v) is 12.9. The predicted octanol–water partition coefficient (Wildman–Crippen LogP) is 2.77. The predicted molar refractivity (Wildman–Crippen MR) is 81.4 cm³/mol. The van der Waals surface area contributed by atoms with Crippen molar-refractivity contribution < 1.29 is 19.1 Å². The van der Waals surface area contributed by atoms with Crippen molar-refractivity contribution in [2.75, 3.05) is 5.32 Å². The monoisotopic (exact) mass is 341 g/mol. The molecule has 1 amide bonds. The van der Waals surface area contributed by atoms with E-state index in [4.69, 9.17) is 5.11 Å². The molecule has 0 aliphatic heterocycles. The van der Waals surface area contributed by atoms with Gasteiger partial charge in [0.25, 0.3) is 0 Å². The number of halogens is 1. The number of hydrogen-bond acceptors (Lipinski definition) is 6. The lowest BCUT2D eigenvalue weighted by atomic mass is 10.2. The van der Waals surface area contributed by atoms with E-state index in [2.05, 4.69) is 15.5 Å². The van der Waals surface area contributed by atoms with Crippen molar-refractivity contribution in [1.29, 1.82) is 0 Å². The number of aromatic nitrogens is 2. The number of amides is 1. The van der Waals surface area contributed by atoms with Gasteiger partial charge in [-0.1, -0.05) is 35.2 Å². The lowest BCUT2D eigenvalue weighted by molar-refractivity contribution is -0.138. The fourth-order valence-corrected chi connectivity index (χ4v) is 3.17. The van der Waals surface area contributed by atoms with Crippen molar-refractivity contribution in [2.45, 2.75) is 22.9 Å². The molecule has 2 aromatic rings. The number of aliphatic carboxylic acids is 1. The molecule has 0 saturated carbocycles. The lowest BCUT2D eigenvalue weighted by Crippen LogP contribution is -2.12. The highest BCUT2D eigenvalue weighted by molar-refractivity contribution is 8.00. The standard InChI is InChI=1S/C13H12FN3O3S2/c14-9-3-1-8(2-4-9)7-21-13-17-16-12(22-13)15-10(18)5-6-11(19)20/h1-4H,5-7H2,(H,19,20)(H,15,16,18). The molecule has 0 saturated heterocycles. The maximum atomic E-state index is 12.8. The third-order valence-corrected chi connectivity index (χ3v) is 4.54. The Kier molecular flexibility index (Phi) is 5.84. The number of rotatable bonds is 7. The molecule has 2 rings (SSSR count). The smallest absolute Gasteiger partial charge is 0.303 e. The molecular formula is C13H12FN3O3S2. The molecule has 116 valence electrons. The van der Waals surface area contributed by atoms with Crippen molar-refractivity contribution in [3.8, 4) is 0 Å². The van der Waals surface area contributed by atoms with Crippen LogP contribution in [0.15, 0.2) is 28.6 Å². The minimum absolute atomic E-state index is 0.104. The van der Waals surface area contributed by atoms with Crippen LogP contribution in [0.5, 0.6) is 0 Å². The van der Waals surface area contributed by atoms with Crippen molar-refractivity contribution in [3.05, 3.63) is 35.6 Å². The van der Waals surface area contributed by atoms with E-state index in [-0.39, 0.29) is 18.7 Å². The number of carbonyl (C=O) groups is 2. The van der Waals surface area contributed by atoms with Crippen LogP contribution in [0.4, 0.5) is 9.52 Å². The zero-order valence-electron chi connectivity index (χ0n) is 11.3. The molecule has 0 radical (unpaired) electrons. The van der Waals surface area contributed by atoms with Crippen LogP contribution in [0.25, 0.3) is 0 Å². The number of hydrogen-bond donors (Lipinski definition) is 2. The fourth-order valence-electron chi connectivity index (χ4n) is 1.45. The van der Waals surface area contributed by atoms with Crippen molar-refractivity contribution in [2.24, 2.45) is 0 Å². The number of thioether (sulfide) groups is 1. The summed E-state index contributed by atoms with van der Waals surface area (Å²) in [5.41, 5.74) is 0.952. The quantitative estimate of drug-likeness (QED) is 0.594. The molecule has 2 N–H and O–H groups in total. The van der Waals surface area contributed by atoms with Gasteiger partial charge in [-0.2, -0.15) is 0 Å². The second kappa shape index (κ2) is 7.85. The second-order valence-corrected chi connectivity index (χ2v) is 6.43. The first kappa shape index (κ1) is 16.4. The Bertz CT molecular complexity index is 661. The average Bonchev–Trinajstić information content (AvgIpc) is 2.92. The average molecular weight is 341 g/mol. The number of benzene rings is 1. The summed E-state index contributed by atoms with van der Waals surface area (Å²) in [7, 11) is 0. The van der Waals surface area contributed by atoms with E-state index in [0.29, 0.717) is 15.2 Å². The van der Waals surface area contributed by atoms with Gasteiger partial charge in [0.1, 0.15) is 5.82 Å². The van der Waals surface area contributed by atoms with E-state index in [9.17, 15) is 14.0 Å². The summed E-state index contributed by atoms with van der Waals surface area (Å²) in [6.07, 6.45) is -0.330. The third kappa shape index (κ3) is 5.41. The highest BCUT2D eigenvalue weighted by atomic mass is 32.2. The number of carbonyl (C=O) groups excluding carboxylic acids is 1. The molecule has 6 nitrogen and oxygen atoms in total. The van der Waals surface area contributed by atoms with Gasteiger partial charge in [-0.3, -0.25) is 9.59 Å². The molecule has 9 heteroatoms. The molecule has 1 aromatic heterocycles. The summed E-state index contributed by atoms with van der Waals surface area (Å²) in [5.74, 6) is -1.10. The molecule has 1 aromatic carbocycles. The molecule has 0 aliphatic carbocycles. The molecule has 0 unspecified atom stereocenters. The summed E-state index contributed by atoms with van der Waals surface area (Å²) in [4.78, 5) is 21.8. The molecule has 0 fully saturated rings. The molecule has 0 bridgehead atoms. The van der Waals surface area contributed by atoms with Gasteiger partial charge in [0, 0.05) is 12.2 Å². The van der Waals surface area contributed by atoms with Gasteiger partial charge in [-0.15, -0.1) is 10.2 Å². The third-order valence-electron chi connectivity index (χ3n) is 2.49. The van der Waals surface area contributed by atoms with Gasteiger partial charge in [0.2, 0.25) is 11.0 Å². The van der Waals surface area contributed by atoms with Crippen LogP contribution in [-0.4, -0.2) is 27.2 Å². The Hall–Kier alpha value is -2.00. The SMILES string of the molecule is O=C(O)CCC(=O)Nc1nnc(SCc2ccc(F)cc2)s1. The summed E-state index contributed by atoms with van der Waals surface area (Å²) >= 11 is 2.63. The second-order valence-electron chi connectivity index (χ2n) is 4.23. The normalized spacial score (nSPS) is 10.4. The Morgan fingerprint density at radius 3 is 2.64 bits per heavy atom. The highest BCUT2D eigenvalue weighted by Gasteiger charge is 2.10. The van der Waals surface area contributed by atoms with Crippen LogP contribution in [0.2, 0.25) is 0 Å². The highest BCUT2D eigenvalue weighted by Crippen LogP contribution is 2.28. The van der Waals surface area contributed by atoms with E-state index in [1.54, 1.807) is 12.1 Å². The van der Waals surface area contributed by atoms with Crippen LogP contribution in [0.1, 0.15) is 18.4 Å². The minimum Gasteiger partial charge on any atom is -0.481 e. The van der Waals surface area contributed by atoms with Gasteiger partial charge in [0.15, 0.2) is 4.34 Å². The van der Waals surface area contributed by atoms with Crippen LogP contribution in [0, 0.1) is 5.82 Å². The first-order valence-electron chi connectivity index (χ1n) is 6.25. The number of anilines is 1. The molecule has 0 aliphatic rings. The maximum Gasteiger partial charge on any atom is 0.303 e.